The van der Waals surface area contributed by atoms with Crippen molar-refractivity contribution < 1.29 is 116 Å². The average Bonchev–Trinajstić information content (AvgIpc) is 3.04. The molecule has 3 rings (SSSR count). The van der Waals surface area contributed by atoms with E-state index < -0.39 is 116 Å². The van der Waals surface area contributed by atoms with Gasteiger partial charge < -0.3 is 10.2 Å². The molecule has 2 nitrogen and oxygen atoms in total. The third kappa shape index (κ3) is 5.38. The Morgan fingerprint density at radius 2 is 0.519 bits per heavy atom. The SMILES string of the molecule is Oc1ccc(C(c2ccc(O)cc2)(c2c(F)c(F)c(F)c(F)c2F)C(F)(F)C(F)(F)C(F)(F)C(F)(F)C(F)(F)C(F)(F)C(F)(F)C(F)(F)C(F)(F)F)cc1. The van der Waals surface area contributed by atoms with Crippen molar-refractivity contribution in [1.29, 1.82) is 0 Å². The summed E-state index contributed by atoms with van der Waals surface area (Å²) in [4.78, 5) is 0. The number of alkyl halides is 19. The Hall–Kier alpha value is -4.42. The van der Waals surface area contributed by atoms with Gasteiger partial charge in [0.2, 0.25) is 5.82 Å². The molecule has 0 heterocycles. The molecule has 0 aliphatic heterocycles. The Kier molecular flexibility index (Phi) is 10.2. The van der Waals surface area contributed by atoms with Gasteiger partial charge in [-0.2, -0.15) is 83.4 Å². The van der Waals surface area contributed by atoms with Gasteiger partial charge >= 0.3 is 53.6 Å². The summed E-state index contributed by atoms with van der Waals surface area (Å²) in [6, 6.07) is -1.45. The van der Waals surface area contributed by atoms with Crippen molar-refractivity contribution in [2.75, 3.05) is 0 Å². The van der Waals surface area contributed by atoms with Crippen molar-refractivity contribution >= 4 is 0 Å². The molecule has 0 aliphatic rings. The molecule has 54 heavy (non-hydrogen) atoms. The average molecular weight is 834 g/mol. The molecular weight excluding hydrogens is 824 g/mol. The number of rotatable bonds is 11. The molecular formula is C28H10F24O2. The van der Waals surface area contributed by atoms with Crippen LogP contribution >= 0.6 is 0 Å². The van der Waals surface area contributed by atoms with Crippen LogP contribution in [0.15, 0.2) is 48.5 Å². The van der Waals surface area contributed by atoms with Crippen LogP contribution in [0.2, 0.25) is 0 Å². The van der Waals surface area contributed by atoms with E-state index in [1.807, 2.05) is 0 Å². The minimum absolute atomic E-state index is 0.0326. The summed E-state index contributed by atoms with van der Waals surface area (Å²) in [5, 5.41) is 19.1. The fraction of sp³-hybridized carbons (Fsp3) is 0.357. The van der Waals surface area contributed by atoms with Gasteiger partial charge in [0.15, 0.2) is 23.3 Å². The lowest BCUT2D eigenvalue weighted by atomic mass is 9.62. The van der Waals surface area contributed by atoms with E-state index in [1.54, 1.807) is 0 Å². The highest BCUT2D eigenvalue weighted by atomic mass is 19.4. The zero-order valence-electron chi connectivity index (χ0n) is 24.6. The predicted octanol–water partition coefficient (Wildman–Crippen LogP) is 10.8. The van der Waals surface area contributed by atoms with E-state index in [9.17, 15) is 80.5 Å². The lowest BCUT2D eigenvalue weighted by Crippen LogP contribution is -2.77. The number of aromatic hydroxyl groups is 2. The number of benzene rings is 3. The van der Waals surface area contributed by atoms with Gasteiger partial charge in [0.1, 0.15) is 16.9 Å². The first-order chi connectivity index (χ1) is 23.9. The quantitative estimate of drug-likeness (QED) is 0.0875. The number of phenolic OH excluding ortho intramolecular Hbond substituents is 2. The van der Waals surface area contributed by atoms with Gasteiger partial charge in [0, 0.05) is 0 Å². The molecule has 0 radical (unpaired) electrons. The van der Waals surface area contributed by atoms with E-state index in [0.717, 1.165) is 0 Å². The molecule has 0 unspecified atom stereocenters. The molecule has 3 aromatic rings. The first kappa shape index (κ1) is 44.0. The van der Waals surface area contributed by atoms with E-state index in [-0.39, 0.29) is 48.5 Å². The van der Waals surface area contributed by atoms with Crippen LogP contribution in [0.3, 0.4) is 0 Å². The van der Waals surface area contributed by atoms with Crippen LogP contribution in [0.5, 0.6) is 11.5 Å². The molecule has 0 amide bonds. The molecule has 0 spiro atoms. The topological polar surface area (TPSA) is 40.5 Å². The molecule has 0 bridgehead atoms. The summed E-state index contributed by atoms with van der Waals surface area (Å²) < 4.78 is 346. The first-order valence-electron chi connectivity index (χ1n) is 13.1. The van der Waals surface area contributed by atoms with Gasteiger partial charge in [0.05, 0.1) is 5.56 Å². The van der Waals surface area contributed by atoms with E-state index in [2.05, 4.69) is 0 Å². The largest absolute Gasteiger partial charge is 0.508 e. The zero-order valence-corrected chi connectivity index (χ0v) is 24.6. The van der Waals surface area contributed by atoms with Crippen LogP contribution in [0.1, 0.15) is 16.7 Å². The molecule has 0 fully saturated rings. The lowest BCUT2D eigenvalue weighted by molar-refractivity contribution is -0.469. The third-order valence-electron chi connectivity index (χ3n) is 7.77. The van der Waals surface area contributed by atoms with E-state index in [0.29, 0.717) is 0 Å². The molecule has 0 aromatic heterocycles. The number of hydrogen-bond acceptors (Lipinski definition) is 2. The van der Waals surface area contributed by atoms with Gasteiger partial charge in [-0.15, -0.1) is 0 Å². The summed E-state index contributed by atoms with van der Waals surface area (Å²) in [5.41, 5.74) is -13.9. The maximum absolute atomic E-state index is 16.6. The maximum atomic E-state index is 16.6. The number of halogens is 24. The van der Waals surface area contributed by atoms with Crippen molar-refractivity contribution in [1.82, 2.24) is 0 Å². The predicted molar refractivity (Wildman–Crippen MR) is 128 cm³/mol. The highest BCUT2D eigenvalue weighted by molar-refractivity contribution is 5.57. The van der Waals surface area contributed by atoms with Crippen molar-refractivity contribution in [2.45, 2.75) is 59.0 Å². The highest BCUT2D eigenvalue weighted by Gasteiger charge is 2.97. The van der Waals surface area contributed by atoms with Crippen molar-refractivity contribution in [3.05, 3.63) is 94.3 Å². The van der Waals surface area contributed by atoms with Gasteiger partial charge in [-0.3, -0.25) is 0 Å². The van der Waals surface area contributed by atoms with Gasteiger partial charge in [-0.1, -0.05) is 24.3 Å². The Morgan fingerprint density at radius 3 is 0.778 bits per heavy atom. The van der Waals surface area contributed by atoms with E-state index in [4.69, 9.17) is 0 Å². The first-order valence-corrected chi connectivity index (χ1v) is 13.1. The monoisotopic (exact) mass is 834 g/mol. The van der Waals surface area contributed by atoms with Crippen molar-refractivity contribution in [3.63, 3.8) is 0 Å². The molecule has 0 saturated carbocycles. The summed E-state index contributed by atoms with van der Waals surface area (Å²) >= 11 is 0. The Bertz CT molecular complexity index is 1810. The zero-order chi connectivity index (χ0) is 42.4. The normalized spacial score (nSPS) is 14.8. The third-order valence-corrected chi connectivity index (χ3v) is 7.77. The Morgan fingerprint density at radius 1 is 0.296 bits per heavy atom. The summed E-state index contributed by atoms with van der Waals surface area (Å²) in [6.45, 7) is 0. The maximum Gasteiger partial charge on any atom is 0.460 e. The standard InChI is InChI=1S/C28H10F24O2/c29-14-13(15(30)17(32)18(33)16(14)31)19(9-1-5-11(53)6-2-9,10-3-7-12(54)8-4-10)20(34,35)21(36,37)22(38,39)23(40,41)24(42,43)25(44,45)26(46,47)27(48,49)28(50,51)52/h1-8,53-54H. The van der Waals surface area contributed by atoms with Crippen LogP contribution in [-0.2, 0) is 5.41 Å². The van der Waals surface area contributed by atoms with E-state index in [1.165, 1.54) is 0 Å². The lowest BCUT2D eigenvalue weighted by Gasteiger charge is -2.49. The number of phenols is 2. The van der Waals surface area contributed by atoms with Crippen LogP contribution in [0.25, 0.3) is 0 Å². The second kappa shape index (κ2) is 12.6. The molecule has 0 saturated heterocycles. The molecule has 2 N–H and O–H groups in total. The van der Waals surface area contributed by atoms with Gasteiger partial charge in [0.25, 0.3) is 0 Å². The van der Waals surface area contributed by atoms with Gasteiger partial charge in [-0.25, -0.2) is 22.0 Å². The Balaban J connectivity index is 2.62. The minimum atomic E-state index is -9.41. The summed E-state index contributed by atoms with van der Waals surface area (Å²) in [7, 11) is 0. The van der Waals surface area contributed by atoms with Crippen LogP contribution in [0.4, 0.5) is 105 Å². The molecule has 302 valence electrons. The van der Waals surface area contributed by atoms with Crippen LogP contribution in [-0.4, -0.2) is 63.8 Å². The van der Waals surface area contributed by atoms with E-state index >= 15 is 35.1 Å². The second-order valence-corrected chi connectivity index (χ2v) is 10.9. The Labute approximate surface area is 281 Å². The molecule has 0 atom stereocenters. The summed E-state index contributed by atoms with van der Waals surface area (Å²) in [6.07, 6.45) is -8.15. The highest BCUT2D eigenvalue weighted by Crippen LogP contribution is 2.68. The smallest absolute Gasteiger partial charge is 0.460 e. The van der Waals surface area contributed by atoms with Crippen molar-refractivity contribution in [3.8, 4) is 11.5 Å². The second-order valence-electron chi connectivity index (χ2n) is 10.9. The molecule has 0 aliphatic carbocycles. The number of hydrogen-bond donors (Lipinski definition) is 2. The molecule has 3 aromatic carbocycles. The summed E-state index contributed by atoms with van der Waals surface area (Å²) in [5.74, 6) is -92.1. The van der Waals surface area contributed by atoms with Crippen LogP contribution < -0.4 is 0 Å². The molecule has 26 heteroatoms. The fourth-order valence-electron chi connectivity index (χ4n) is 4.93. The van der Waals surface area contributed by atoms with Crippen LogP contribution in [0, 0.1) is 29.1 Å². The van der Waals surface area contributed by atoms with Gasteiger partial charge in [-0.05, 0) is 35.4 Å². The minimum Gasteiger partial charge on any atom is -0.508 e. The fourth-order valence-corrected chi connectivity index (χ4v) is 4.93. The van der Waals surface area contributed by atoms with Crippen molar-refractivity contribution in [2.24, 2.45) is 0 Å².